The molecule has 0 aliphatic carbocycles. The molecule has 2 heterocycles. The summed E-state index contributed by atoms with van der Waals surface area (Å²) >= 11 is 1.77. The fraction of sp³-hybridized carbons (Fsp3) is 0. The third kappa shape index (κ3) is 1.90. The summed E-state index contributed by atoms with van der Waals surface area (Å²) < 4.78 is 2.44. The van der Waals surface area contributed by atoms with E-state index in [9.17, 15) is 5.26 Å². The number of nitriles is 1. The topological polar surface area (TPSA) is 43.9 Å². The molecular formula is C24H11N3S. The molecule has 128 valence electrons. The van der Waals surface area contributed by atoms with Crippen LogP contribution in [0.15, 0.2) is 60.7 Å². The number of nitrogens with one attached hydrogen (secondary N) is 1. The quantitative estimate of drug-likeness (QED) is 0.280. The predicted octanol–water partition coefficient (Wildman–Crippen LogP) is 7.26. The van der Waals surface area contributed by atoms with Gasteiger partial charge in [0.1, 0.15) is 0 Å². The van der Waals surface area contributed by atoms with Gasteiger partial charge in [0.15, 0.2) is 5.69 Å². The van der Waals surface area contributed by atoms with E-state index in [-0.39, 0.29) is 0 Å². The monoisotopic (exact) mass is 373 g/mol. The molecule has 4 aromatic carbocycles. The Kier molecular flexibility index (Phi) is 2.90. The summed E-state index contributed by atoms with van der Waals surface area (Å²) in [6.45, 7) is 7.28. The van der Waals surface area contributed by atoms with Crippen molar-refractivity contribution in [2.24, 2.45) is 0 Å². The summed E-state index contributed by atoms with van der Waals surface area (Å²) in [5.41, 5.74) is 3.49. The van der Waals surface area contributed by atoms with E-state index in [2.05, 4.69) is 40.2 Å². The van der Waals surface area contributed by atoms with Gasteiger partial charge in [-0.2, -0.15) is 5.26 Å². The standard InChI is InChI=1S/C24H11N3S/c1-26-14-3-8-21-19(11-14)16-5-6-17-15(23(16)27-21)4-7-18-20-10-13(12-25)2-9-22(20)28-24(17)18/h2-11,27H. The van der Waals surface area contributed by atoms with Crippen LogP contribution in [0.5, 0.6) is 0 Å². The number of aromatic amines is 1. The van der Waals surface area contributed by atoms with Crippen LogP contribution in [-0.2, 0) is 0 Å². The Balaban J connectivity index is 1.76. The van der Waals surface area contributed by atoms with Crippen LogP contribution in [0, 0.1) is 17.9 Å². The molecule has 0 radical (unpaired) electrons. The van der Waals surface area contributed by atoms with Gasteiger partial charge in [-0.15, -0.1) is 11.3 Å². The molecule has 0 saturated heterocycles. The van der Waals surface area contributed by atoms with Gasteiger partial charge in [0.05, 0.1) is 23.7 Å². The van der Waals surface area contributed by atoms with E-state index in [1.807, 2.05) is 36.4 Å². The first-order valence-electron chi connectivity index (χ1n) is 8.88. The minimum atomic E-state index is 0.654. The summed E-state index contributed by atoms with van der Waals surface area (Å²) in [5, 5.41) is 16.2. The molecule has 0 fully saturated rings. The molecule has 0 unspecified atom stereocenters. The first-order chi connectivity index (χ1) is 13.8. The SMILES string of the molecule is [C-]#[N+]c1ccc2[nH]c3c(ccc4c3ccc3c5cc(C#N)ccc5sc34)c2c1. The van der Waals surface area contributed by atoms with E-state index in [0.717, 1.165) is 27.2 Å². The first kappa shape index (κ1) is 15.2. The molecule has 28 heavy (non-hydrogen) atoms. The van der Waals surface area contributed by atoms with E-state index < -0.39 is 0 Å². The van der Waals surface area contributed by atoms with Crippen molar-refractivity contribution in [2.75, 3.05) is 0 Å². The maximum atomic E-state index is 9.23. The molecular weight excluding hydrogens is 362 g/mol. The summed E-state index contributed by atoms with van der Waals surface area (Å²) in [6, 6.07) is 22.6. The maximum absolute atomic E-state index is 9.23. The Bertz CT molecular complexity index is 1560. The van der Waals surface area contributed by atoms with Gasteiger partial charge in [-0.3, -0.25) is 0 Å². The fourth-order valence-corrected chi connectivity index (χ4v) is 5.35. The molecule has 0 bridgehead atoms. The molecule has 2 aromatic heterocycles. The number of fused-ring (bicyclic) bond motifs is 9. The third-order valence-electron chi connectivity index (χ3n) is 5.44. The Morgan fingerprint density at radius 3 is 2.36 bits per heavy atom. The lowest BCUT2D eigenvalue weighted by Crippen LogP contribution is -1.77. The molecule has 0 spiro atoms. The van der Waals surface area contributed by atoms with Crippen LogP contribution in [-0.4, -0.2) is 4.98 Å². The number of aromatic nitrogens is 1. The van der Waals surface area contributed by atoms with Gasteiger partial charge >= 0.3 is 0 Å². The molecule has 1 N–H and O–H groups in total. The highest BCUT2D eigenvalue weighted by atomic mass is 32.1. The minimum Gasteiger partial charge on any atom is -0.354 e. The molecule has 3 nitrogen and oxygen atoms in total. The fourth-order valence-electron chi connectivity index (χ4n) is 4.14. The summed E-state index contributed by atoms with van der Waals surface area (Å²) in [4.78, 5) is 7.11. The number of nitrogens with zero attached hydrogens (tertiary/aromatic N) is 2. The van der Waals surface area contributed by atoms with Gasteiger partial charge in [0, 0.05) is 41.8 Å². The van der Waals surface area contributed by atoms with Crippen molar-refractivity contribution in [2.45, 2.75) is 0 Å². The normalized spacial score (nSPS) is 11.5. The van der Waals surface area contributed by atoms with Crippen molar-refractivity contribution in [1.29, 1.82) is 5.26 Å². The van der Waals surface area contributed by atoms with Crippen LogP contribution in [0.2, 0.25) is 0 Å². The maximum Gasteiger partial charge on any atom is 0.188 e. The van der Waals surface area contributed by atoms with Gasteiger partial charge in [0.2, 0.25) is 0 Å². The number of H-pyrrole nitrogens is 1. The van der Waals surface area contributed by atoms with E-state index in [4.69, 9.17) is 6.57 Å². The molecule has 4 heteroatoms. The largest absolute Gasteiger partial charge is 0.354 e. The number of thiophene rings is 1. The van der Waals surface area contributed by atoms with Crippen molar-refractivity contribution < 1.29 is 0 Å². The number of hydrogen-bond acceptors (Lipinski definition) is 2. The predicted molar refractivity (Wildman–Crippen MR) is 117 cm³/mol. The van der Waals surface area contributed by atoms with Crippen LogP contribution in [0.3, 0.4) is 0 Å². The molecule has 6 rings (SSSR count). The molecule has 0 atom stereocenters. The lowest BCUT2D eigenvalue weighted by molar-refractivity contribution is 1.50. The van der Waals surface area contributed by atoms with Crippen molar-refractivity contribution >= 4 is 69.8 Å². The highest BCUT2D eigenvalue weighted by Crippen LogP contribution is 2.41. The Morgan fingerprint density at radius 2 is 1.57 bits per heavy atom. The van der Waals surface area contributed by atoms with Crippen LogP contribution >= 0.6 is 11.3 Å². The minimum absolute atomic E-state index is 0.654. The molecule has 0 amide bonds. The van der Waals surface area contributed by atoms with Crippen molar-refractivity contribution in [3.05, 3.63) is 77.6 Å². The molecule has 0 aliphatic heterocycles. The van der Waals surface area contributed by atoms with Crippen molar-refractivity contribution in [1.82, 2.24) is 4.98 Å². The third-order valence-corrected chi connectivity index (χ3v) is 6.66. The molecule has 6 aromatic rings. The smallest absolute Gasteiger partial charge is 0.188 e. The lowest BCUT2D eigenvalue weighted by atomic mass is 10.0. The van der Waals surface area contributed by atoms with Gasteiger partial charge in [-0.1, -0.05) is 30.3 Å². The highest BCUT2D eigenvalue weighted by Gasteiger charge is 2.13. The van der Waals surface area contributed by atoms with Gasteiger partial charge in [0.25, 0.3) is 0 Å². The lowest BCUT2D eigenvalue weighted by Gasteiger charge is -2.02. The summed E-state index contributed by atoms with van der Waals surface area (Å²) in [7, 11) is 0. The van der Waals surface area contributed by atoms with E-state index in [1.54, 1.807) is 11.3 Å². The average molecular weight is 373 g/mol. The van der Waals surface area contributed by atoms with E-state index >= 15 is 0 Å². The zero-order valence-corrected chi connectivity index (χ0v) is 15.4. The number of rotatable bonds is 0. The summed E-state index contributed by atoms with van der Waals surface area (Å²) in [5.74, 6) is 0. The van der Waals surface area contributed by atoms with Crippen LogP contribution in [0.4, 0.5) is 5.69 Å². The highest BCUT2D eigenvalue weighted by molar-refractivity contribution is 7.26. The second kappa shape index (κ2) is 5.33. The van der Waals surface area contributed by atoms with Crippen LogP contribution in [0.1, 0.15) is 5.56 Å². The Labute approximate surface area is 163 Å². The van der Waals surface area contributed by atoms with Crippen LogP contribution < -0.4 is 0 Å². The van der Waals surface area contributed by atoms with Gasteiger partial charge in [-0.25, -0.2) is 4.85 Å². The molecule has 0 saturated carbocycles. The average Bonchev–Trinajstić information content (AvgIpc) is 3.30. The first-order valence-corrected chi connectivity index (χ1v) is 9.69. The zero-order valence-electron chi connectivity index (χ0n) is 14.6. The Morgan fingerprint density at radius 1 is 0.821 bits per heavy atom. The van der Waals surface area contributed by atoms with E-state index in [1.165, 1.54) is 25.6 Å². The zero-order chi connectivity index (χ0) is 18.8. The Hall–Kier alpha value is -3.86. The number of benzene rings is 4. The molecule has 0 aliphatic rings. The van der Waals surface area contributed by atoms with Gasteiger partial charge in [-0.05, 0) is 35.7 Å². The van der Waals surface area contributed by atoms with Gasteiger partial charge < -0.3 is 4.98 Å². The second-order valence-corrected chi connectivity index (χ2v) is 7.97. The summed E-state index contributed by atoms with van der Waals surface area (Å²) in [6.07, 6.45) is 0. The van der Waals surface area contributed by atoms with E-state index in [0.29, 0.717) is 11.3 Å². The second-order valence-electron chi connectivity index (χ2n) is 6.92. The van der Waals surface area contributed by atoms with Crippen LogP contribution in [0.25, 0.3) is 57.6 Å². The number of hydrogen-bond donors (Lipinski definition) is 1. The van der Waals surface area contributed by atoms with Crippen molar-refractivity contribution in [3.63, 3.8) is 0 Å². The van der Waals surface area contributed by atoms with Crippen molar-refractivity contribution in [3.8, 4) is 6.07 Å².